The van der Waals surface area contributed by atoms with Crippen LogP contribution in [0.15, 0.2) is 105 Å². The summed E-state index contributed by atoms with van der Waals surface area (Å²) in [6.07, 6.45) is 10.6. The third-order valence-corrected chi connectivity index (χ3v) is 5.71. The van der Waals surface area contributed by atoms with Crippen LogP contribution < -0.4 is 16.0 Å². The van der Waals surface area contributed by atoms with Gasteiger partial charge in [-0.05, 0) is 57.8 Å². The van der Waals surface area contributed by atoms with E-state index in [0.29, 0.717) is 19.5 Å². The van der Waals surface area contributed by atoms with E-state index in [2.05, 4.69) is 80.2 Å². The largest absolute Gasteiger partial charge is 0.385 e. The molecule has 5 nitrogen and oxygen atoms in total. The van der Waals surface area contributed by atoms with Gasteiger partial charge >= 0.3 is 0 Å². The molecule has 0 atom stereocenters. The van der Waals surface area contributed by atoms with Crippen LogP contribution in [0.1, 0.15) is 47.0 Å². The number of allylic oxidation sites excluding steroid dienone is 6. The Kier molecular flexibility index (Phi) is 9.92. The summed E-state index contributed by atoms with van der Waals surface area (Å²) < 4.78 is 0. The molecule has 0 aliphatic carbocycles. The van der Waals surface area contributed by atoms with Crippen molar-refractivity contribution in [2.24, 2.45) is 9.98 Å². The lowest BCUT2D eigenvalue weighted by molar-refractivity contribution is 0.785. The molecule has 2 heterocycles. The second-order valence-corrected chi connectivity index (χ2v) is 8.54. The lowest BCUT2D eigenvalue weighted by atomic mass is 10.0. The maximum atomic E-state index is 4.70. The van der Waals surface area contributed by atoms with Crippen molar-refractivity contribution in [3.8, 4) is 0 Å². The minimum Gasteiger partial charge on any atom is -0.385 e. The summed E-state index contributed by atoms with van der Waals surface area (Å²) in [6.45, 7) is 26.7. The Labute approximate surface area is 200 Å². The maximum Gasteiger partial charge on any atom is 0.0851 e. The zero-order valence-corrected chi connectivity index (χ0v) is 20.8. The molecule has 0 aromatic heterocycles. The van der Waals surface area contributed by atoms with E-state index < -0.39 is 0 Å². The second-order valence-electron chi connectivity index (χ2n) is 8.54. The van der Waals surface area contributed by atoms with E-state index in [1.165, 1.54) is 16.7 Å². The SMILES string of the molecule is C=CC1=C(/C=C(\C)CNC(=C)C2=NCC=NC(CC(=C)NC/C(C)=C/C)=C2C)NC(=C)CC1. The van der Waals surface area contributed by atoms with Gasteiger partial charge in [-0.1, -0.05) is 49.6 Å². The van der Waals surface area contributed by atoms with Gasteiger partial charge < -0.3 is 16.0 Å². The summed E-state index contributed by atoms with van der Waals surface area (Å²) in [4.78, 5) is 9.33. The summed E-state index contributed by atoms with van der Waals surface area (Å²) in [5, 5.41) is 10.2. The first-order valence-electron chi connectivity index (χ1n) is 11.5. The molecule has 2 rings (SSSR count). The molecule has 5 heteroatoms. The van der Waals surface area contributed by atoms with Gasteiger partial charge in [-0.25, -0.2) is 0 Å². The summed E-state index contributed by atoms with van der Waals surface area (Å²) in [5.41, 5.74) is 10.4. The zero-order valence-electron chi connectivity index (χ0n) is 20.8. The highest BCUT2D eigenvalue weighted by Gasteiger charge is 2.15. The molecule has 0 spiro atoms. The molecule has 0 bridgehead atoms. The smallest absolute Gasteiger partial charge is 0.0851 e. The van der Waals surface area contributed by atoms with Gasteiger partial charge in [-0.15, -0.1) is 0 Å². The third-order valence-electron chi connectivity index (χ3n) is 5.71. The molecule has 3 N–H and O–H groups in total. The Morgan fingerprint density at radius 1 is 1.15 bits per heavy atom. The van der Waals surface area contributed by atoms with Crippen molar-refractivity contribution in [1.29, 1.82) is 0 Å². The highest BCUT2D eigenvalue weighted by Crippen LogP contribution is 2.22. The maximum absolute atomic E-state index is 4.70. The molecule has 0 fully saturated rings. The number of nitrogens with one attached hydrogen (secondary N) is 3. The quantitative estimate of drug-likeness (QED) is 0.361. The predicted molar refractivity (Wildman–Crippen MR) is 144 cm³/mol. The number of aliphatic imine (C=N–C) groups is 2. The van der Waals surface area contributed by atoms with Crippen LogP contribution in [0.2, 0.25) is 0 Å². The first kappa shape index (κ1) is 25.9. The van der Waals surface area contributed by atoms with Gasteiger partial charge in [0.15, 0.2) is 0 Å². The van der Waals surface area contributed by atoms with Crippen LogP contribution >= 0.6 is 0 Å². The van der Waals surface area contributed by atoms with Crippen molar-refractivity contribution in [1.82, 2.24) is 16.0 Å². The van der Waals surface area contributed by atoms with Crippen molar-refractivity contribution >= 4 is 11.9 Å². The predicted octanol–water partition coefficient (Wildman–Crippen LogP) is 5.63. The summed E-state index contributed by atoms with van der Waals surface area (Å²) in [7, 11) is 0. The van der Waals surface area contributed by atoms with Crippen LogP contribution in [-0.4, -0.2) is 31.6 Å². The van der Waals surface area contributed by atoms with E-state index in [1.807, 2.05) is 19.2 Å². The Hall–Kier alpha value is -3.34. The Bertz CT molecular complexity index is 995. The number of nitrogens with zero attached hydrogens (tertiary/aromatic N) is 2. The summed E-state index contributed by atoms with van der Waals surface area (Å²) in [6, 6.07) is 0. The molecular weight excluding hydrogens is 406 g/mol. The molecule has 2 aliphatic heterocycles. The average molecular weight is 446 g/mol. The minimum atomic E-state index is 0.533. The fourth-order valence-corrected chi connectivity index (χ4v) is 3.49. The zero-order chi connectivity index (χ0) is 24.4. The normalized spacial score (nSPS) is 17.3. The minimum absolute atomic E-state index is 0.533. The van der Waals surface area contributed by atoms with Crippen LogP contribution in [0.5, 0.6) is 0 Å². The van der Waals surface area contributed by atoms with Crippen LogP contribution in [0, 0.1) is 0 Å². The van der Waals surface area contributed by atoms with Crippen LogP contribution in [0.3, 0.4) is 0 Å². The second kappa shape index (κ2) is 12.6. The monoisotopic (exact) mass is 445 g/mol. The number of hydrogen-bond donors (Lipinski definition) is 3. The third kappa shape index (κ3) is 7.94. The molecule has 0 amide bonds. The molecule has 0 radical (unpaired) electrons. The van der Waals surface area contributed by atoms with E-state index in [-0.39, 0.29) is 0 Å². The lowest BCUT2D eigenvalue weighted by Crippen LogP contribution is -2.24. The van der Waals surface area contributed by atoms with E-state index in [0.717, 1.165) is 59.2 Å². The van der Waals surface area contributed by atoms with Crippen molar-refractivity contribution in [3.63, 3.8) is 0 Å². The molecule has 0 unspecified atom stereocenters. The Morgan fingerprint density at radius 2 is 1.88 bits per heavy atom. The molecule has 0 aromatic rings. The van der Waals surface area contributed by atoms with Gasteiger partial charge in [0.05, 0.1) is 23.7 Å². The van der Waals surface area contributed by atoms with E-state index in [1.54, 1.807) is 0 Å². The van der Waals surface area contributed by atoms with Gasteiger partial charge in [-0.2, -0.15) is 0 Å². The molecule has 33 heavy (non-hydrogen) atoms. The van der Waals surface area contributed by atoms with Crippen LogP contribution in [0.4, 0.5) is 0 Å². The van der Waals surface area contributed by atoms with Crippen molar-refractivity contribution < 1.29 is 0 Å². The fraction of sp³-hybridized carbons (Fsp3) is 0.357. The topological polar surface area (TPSA) is 60.8 Å². The van der Waals surface area contributed by atoms with Crippen LogP contribution in [-0.2, 0) is 0 Å². The van der Waals surface area contributed by atoms with Crippen molar-refractivity contribution in [2.75, 3.05) is 19.6 Å². The Morgan fingerprint density at radius 3 is 2.58 bits per heavy atom. The highest BCUT2D eigenvalue weighted by molar-refractivity contribution is 6.12. The van der Waals surface area contributed by atoms with Gasteiger partial charge in [0, 0.05) is 42.8 Å². The summed E-state index contributed by atoms with van der Waals surface area (Å²) >= 11 is 0. The van der Waals surface area contributed by atoms with Crippen molar-refractivity contribution in [3.05, 3.63) is 95.3 Å². The van der Waals surface area contributed by atoms with Gasteiger partial charge in [-0.3, -0.25) is 9.98 Å². The molecule has 0 aromatic carbocycles. The molecular formula is C28H39N5. The van der Waals surface area contributed by atoms with Gasteiger partial charge in [0.2, 0.25) is 0 Å². The van der Waals surface area contributed by atoms with Gasteiger partial charge in [0.25, 0.3) is 0 Å². The highest BCUT2D eigenvalue weighted by atomic mass is 14.9. The van der Waals surface area contributed by atoms with Crippen LogP contribution in [0.25, 0.3) is 0 Å². The molecule has 0 saturated heterocycles. The first-order valence-corrected chi connectivity index (χ1v) is 11.5. The average Bonchev–Trinajstić information content (AvgIpc) is 2.97. The molecule has 0 saturated carbocycles. The standard InChI is InChI=1S/C28H39N5/c1-9-19(3)17-31-22(6)16-26-23(7)28(30-14-13-29-26)24(8)32-18-20(4)15-27-25(10-2)12-11-21(5)33-27/h9-10,13,15,31-33H,2,5-6,8,11-12,14,16-18H2,1,3-4,7H3/b19-9+,20-15+. The number of hydrogen-bond acceptors (Lipinski definition) is 5. The molecule has 176 valence electrons. The van der Waals surface area contributed by atoms with E-state index in [9.17, 15) is 0 Å². The number of rotatable bonds is 11. The van der Waals surface area contributed by atoms with Crippen molar-refractivity contribution in [2.45, 2.75) is 47.0 Å². The first-order chi connectivity index (χ1) is 15.7. The van der Waals surface area contributed by atoms with Gasteiger partial charge in [0.1, 0.15) is 0 Å². The summed E-state index contributed by atoms with van der Waals surface area (Å²) in [5.74, 6) is 0. The lowest BCUT2D eigenvalue weighted by Gasteiger charge is -2.21. The molecule has 2 aliphatic rings. The fourth-order valence-electron chi connectivity index (χ4n) is 3.49. The Balaban J connectivity index is 2.05. The van der Waals surface area contributed by atoms with E-state index >= 15 is 0 Å². The van der Waals surface area contributed by atoms with E-state index in [4.69, 9.17) is 4.99 Å².